The van der Waals surface area contributed by atoms with E-state index in [9.17, 15) is 14.4 Å². The van der Waals surface area contributed by atoms with Crippen LogP contribution in [-0.4, -0.2) is 49.1 Å². The lowest BCUT2D eigenvalue weighted by molar-refractivity contribution is -0.143. The van der Waals surface area contributed by atoms with Gasteiger partial charge in [-0.25, -0.2) is 4.79 Å². The number of ether oxygens (including phenoxy) is 2. The monoisotopic (exact) mass is 546 g/mol. The molecule has 2 aromatic carbocycles. The van der Waals surface area contributed by atoms with Gasteiger partial charge in [-0.05, 0) is 88.6 Å². The second-order valence-corrected chi connectivity index (χ2v) is 10.7. The molecule has 1 fully saturated rings. The van der Waals surface area contributed by atoms with Crippen molar-refractivity contribution in [2.45, 2.75) is 71.4 Å². The Labute approximate surface area is 236 Å². The first-order chi connectivity index (χ1) is 19.0. The maximum Gasteiger partial charge on any atom is 0.413 e. The summed E-state index contributed by atoms with van der Waals surface area (Å²) in [5.74, 6) is 5.43. The summed E-state index contributed by atoms with van der Waals surface area (Å²) in [6.45, 7) is 7.64. The highest BCUT2D eigenvalue weighted by molar-refractivity contribution is 6.05. The molecule has 212 valence electrons. The molecule has 9 heteroatoms. The molecule has 0 aliphatic heterocycles. The minimum atomic E-state index is -0.669. The Kier molecular flexibility index (Phi) is 10.3. The third-order valence-electron chi connectivity index (χ3n) is 6.35. The molecule has 1 saturated carbocycles. The van der Waals surface area contributed by atoms with Crippen molar-refractivity contribution in [1.29, 1.82) is 5.41 Å². The molecule has 3 rings (SSSR count). The lowest BCUT2D eigenvalue weighted by atomic mass is 10.1. The molecule has 9 nitrogen and oxygen atoms in total. The predicted octanol–water partition coefficient (Wildman–Crippen LogP) is 5.15. The number of rotatable bonds is 7. The zero-order valence-electron chi connectivity index (χ0n) is 23.8. The van der Waals surface area contributed by atoms with Crippen molar-refractivity contribution >= 4 is 35.2 Å². The average Bonchev–Trinajstić information content (AvgIpc) is 3.41. The number of hydrogen-bond acceptors (Lipinski definition) is 7. The molecular formula is C31H38N4O5. The van der Waals surface area contributed by atoms with Crippen LogP contribution in [0.3, 0.4) is 0 Å². The fourth-order valence-corrected chi connectivity index (χ4v) is 4.51. The molecular weight excluding hydrogens is 508 g/mol. The molecule has 40 heavy (non-hydrogen) atoms. The SMILES string of the molecule is COC(=O)CC(=O)N(c1ccc(C#CCNc2ccc(C(=N)NC(=O)OC(C)(C)C)cc2)cc1C)C1CCCC1. The Morgan fingerprint density at radius 2 is 1.75 bits per heavy atom. The number of amidine groups is 1. The fraction of sp³-hybridized carbons (Fsp3) is 0.419. The summed E-state index contributed by atoms with van der Waals surface area (Å²) in [5, 5.41) is 13.7. The summed E-state index contributed by atoms with van der Waals surface area (Å²) in [4.78, 5) is 38.4. The van der Waals surface area contributed by atoms with Crippen LogP contribution >= 0.6 is 0 Å². The molecule has 0 atom stereocenters. The van der Waals surface area contributed by atoms with E-state index in [0.717, 1.165) is 48.2 Å². The van der Waals surface area contributed by atoms with Gasteiger partial charge in [0.05, 0.1) is 13.7 Å². The molecule has 0 aromatic heterocycles. The van der Waals surface area contributed by atoms with Crippen molar-refractivity contribution < 1.29 is 23.9 Å². The van der Waals surface area contributed by atoms with Crippen molar-refractivity contribution in [3.8, 4) is 11.8 Å². The number of alkyl carbamates (subject to hydrolysis) is 1. The summed E-state index contributed by atoms with van der Waals surface area (Å²) >= 11 is 0. The Hall–Kier alpha value is -4.32. The van der Waals surface area contributed by atoms with E-state index in [-0.39, 0.29) is 24.2 Å². The van der Waals surface area contributed by atoms with E-state index in [1.54, 1.807) is 37.8 Å². The summed E-state index contributed by atoms with van der Waals surface area (Å²) < 4.78 is 9.89. The van der Waals surface area contributed by atoms with E-state index in [1.807, 2.05) is 37.3 Å². The van der Waals surface area contributed by atoms with Gasteiger partial charge in [-0.15, -0.1) is 0 Å². The average molecular weight is 547 g/mol. The number of methoxy groups -OCH3 is 1. The molecule has 1 aliphatic rings. The van der Waals surface area contributed by atoms with E-state index >= 15 is 0 Å². The number of carbonyl (C=O) groups is 3. The number of nitrogens with one attached hydrogen (secondary N) is 3. The first-order valence-corrected chi connectivity index (χ1v) is 13.4. The normalized spacial score (nSPS) is 13.0. The minimum absolute atomic E-state index is 0.0436. The smallest absolute Gasteiger partial charge is 0.413 e. The van der Waals surface area contributed by atoms with Gasteiger partial charge < -0.3 is 19.7 Å². The Balaban J connectivity index is 1.59. The first-order valence-electron chi connectivity index (χ1n) is 13.4. The molecule has 0 bridgehead atoms. The second-order valence-electron chi connectivity index (χ2n) is 10.7. The highest BCUT2D eigenvalue weighted by Gasteiger charge is 2.30. The molecule has 0 radical (unpaired) electrons. The zero-order valence-corrected chi connectivity index (χ0v) is 23.8. The molecule has 0 unspecified atom stereocenters. The van der Waals surface area contributed by atoms with Crippen LogP contribution in [0.1, 0.15) is 69.6 Å². The first kappa shape index (κ1) is 30.2. The van der Waals surface area contributed by atoms with E-state index in [2.05, 4.69) is 22.5 Å². The highest BCUT2D eigenvalue weighted by Crippen LogP contribution is 2.31. The number of benzene rings is 2. The van der Waals surface area contributed by atoms with Crippen molar-refractivity contribution in [2.24, 2.45) is 0 Å². The molecule has 2 aromatic rings. The third-order valence-corrected chi connectivity index (χ3v) is 6.35. The lowest BCUT2D eigenvalue weighted by Gasteiger charge is -2.30. The third kappa shape index (κ3) is 8.87. The van der Waals surface area contributed by atoms with Crippen LogP contribution in [0.4, 0.5) is 16.2 Å². The largest absolute Gasteiger partial charge is 0.469 e. The molecule has 0 spiro atoms. The Morgan fingerprint density at radius 1 is 1.07 bits per heavy atom. The predicted molar refractivity (Wildman–Crippen MR) is 156 cm³/mol. The fourth-order valence-electron chi connectivity index (χ4n) is 4.51. The van der Waals surface area contributed by atoms with Gasteiger partial charge in [-0.3, -0.25) is 20.3 Å². The summed E-state index contributed by atoms with van der Waals surface area (Å²) in [7, 11) is 1.29. The summed E-state index contributed by atoms with van der Waals surface area (Å²) in [5.41, 5.74) is 3.28. The van der Waals surface area contributed by atoms with E-state index in [4.69, 9.17) is 14.9 Å². The van der Waals surface area contributed by atoms with Gasteiger partial charge in [0.1, 0.15) is 17.9 Å². The van der Waals surface area contributed by atoms with Gasteiger partial charge in [-0.2, -0.15) is 0 Å². The quantitative estimate of drug-likeness (QED) is 0.145. The number of amides is 2. The second kappa shape index (κ2) is 13.7. The molecule has 0 saturated heterocycles. The zero-order chi connectivity index (χ0) is 29.3. The van der Waals surface area contributed by atoms with E-state index < -0.39 is 17.7 Å². The number of carbonyl (C=O) groups excluding carboxylic acids is 3. The van der Waals surface area contributed by atoms with Crippen LogP contribution in [0, 0.1) is 24.2 Å². The minimum Gasteiger partial charge on any atom is -0.469 e. The van der Waals surface area contributed by atoms with Crippen molar-refractivity contribution in [3.05, 3.63) is 59.2 Å². The molecule has 3 N–H and O–H groups in total. The van der Waals surface area contributed by atoms with Crippen LogP contribution in [0.15, 0.2) is 42.5 Å². The Morgan fingerprint density at radius 3 is 2.35 bits per heavy atom. The van der Waals surface area contributed by atoms with Crippen LogP contribution in [0.2, 0.25) is 0 Å². The van der Waals surface area contributed by atoms with Gasteiger partial charge >= 0.3 is 12.1 Å². The van der Waals surface area contributed by atoms with Crippen LogP contribution in [-0.2, 0) is 19.1 Å². The van der Waals surface area contributed by atoms with Crippen molar-refractivity contribution in [1.82, 2.24) is 5.32 Å². The van der Waals surface area contributed by atoms with Crippen molar-refractivity contribution in [3.63, 3.8) is 0 Å². The van der Waals surface area contributed by atoms with E-state index in [1.165, 1.54) is 7.11 Å². The topological polar surface area (TPSA) is 121 Å². The number of nitrogens with zero attached hydrogens (tertiary/aromatic N) is 1. The van der Waals surface area contributed by atoms with Crippen LogP contribution in [0.5, 0.6) is 0 Å². The van der Waals surface area contributed by atoms with Crippen molar-refractivity contribution in [2.75, 3.05) is 23.9 Å². The molecule has 0 heterocycles. The van der Waals surface area contributed by atoms with Gasteiger partial charge in [0, 0.05) is 28.5 Å². The maximum atomic E-state index is 13.0. The standard InChI is InChI=1S/C31H38N4O5/c1-21-19-22(12-17-26(21)35(25-10-6-7-11-25)27(36)20-28(37)39-5)9-8-18-33-24-15-13-23(14-16-24)29(32)34-30(38)40-31(2,3)4/h12-17,19,25,33H,6-7,10-11,18,20H2,1-5H3,(H2,32,34,38). The van der Waals surface area contributed by atoms with Gasteiger partial charge in [0.2, 0.25) is 5.91 Å². The summed E-state index contributed by atoms with van der Waals surface area (Å²) in [6.07, 6.45) is 3.02. The number of aryl methyl sites for hydroxylation is 1. The lowest BCUT2D eigenvalue weighted by Crippen LogP contribution is -2.40. The summed E-state index contributed by atoms with van der Waals surface area (Å²) in [6, 6.07) is 12.9. The molecule has 2 amide bonds. The van der Waals surface area contributed by atoms with Gasteiger partial charge in [-0.1, -0.05) is 24.7 Å². The number of anilines is 2. The Bertz CT molecular complexity index is 1300. The van der Waals surface area contributed by atoms with Crippen LogP contribution < -0.4 is 15.5 Å². The number of esters is 1. The molecule has 1 aliphatic carbocycles. The van der Waals surface area contributed by atoms with E-state index in [0.29, 0.717) is 12.1 Å². The van der Waals surface area contributed by atoms with Crippen LogP contribution in [0.25, 0.3) is 0 Å². The highest BCUT2D eigenvalue weighted by atomic mass is 16.6. The van der Waals surface area contributed by atoms with Gasteiger partial charge in [0.25, 0.3) is 0 Å². The maximum absolute atomic E-state index is 13.0. The van der Waals surface area contributed by atoms with Gasteiger partial charge in [0.15, 0.2) is 0 Å². The number of hydrogen-bond donors (Lipinski definition) is 3.